The van der Waals surface area contributed by atoms with E-state index in [-0.39, 0.29) is 15.8 Å². The predicted molar refractivity (Wildman–Crippen MR) is 206 cm³/mol. The number of rotatable bonds is 16. The molecule has 0 spiro atoms. The summed E-state index contributed by atoms with van der Waals surface area (Å²) in [6.07, 6.45) is 35.4. The van der Waals surface area contributed by atoms with Crippen LogP contribution < -0.4 is 0 Å². The maximum atomic E-state index is 2.67. The topological polar surface area (TPSA) is 0 Å². The van der Waals surface area contributed by atoms with Crippen molar-refractivity contribution >= 4 is 29.3 Å². The lowest BCUT2D eigenvalue weighted by Crippen LogP contribution is -2.34. The van der Waals surface area contributed by atoms with E-state index in [2.05, 4.69) is 55.4 Å². The number of fused-ring (bicyclic) bond motifs is 4. The van der Waals surface area contributed by atoms with E-state index in [4.69, 9.17) is 0 Å². The van der Waals surface area contributed by atoms with Crippen LogP contribution in [0.25, 0.3) is 0 Å². The zero-order valence-electron chi connectivity index (χ0n) is 30.8. The second kappa shape index (κ2) is 17.4. The van der Waals surface area contributed by atoms with Gasteiger partial charge in [0.25, 0.3) is 0 Å². The van der Waals surface area contributed by atoms with Crippen LogP contribution in [0.3, 0.4) is 0 Å². The van der Waals surface area contributed by atoms with Gasteiger partial charge in [-0.1, -0.05) is 210 Å². The summed E-state index contributed by atoms with van der Waals surface area (Å²) in [7, 11) is 0.165. The molecule has 0 aromatic carbocycles. The van der Waals surface area contributed by atoms with Crippen molar-refractivity contribution in [2.24, 2.45) is 0 Å². The lowest BCUT2D eigenvalue weighted by Gasteiger charge is -2.42. The molecule has 4 aliphatic heterocycles. The molecule has 4 atom stereocenters. The van der Waals surface area contributed by atoms with Gasteiger partial charge in [0.05, 0.1) is 0 Å². The Labute approximate surface area is 275 Å². The van der Waals surface area contributed by atoms with Crippen molar-refractivity contribution in [2.45, 2.75) is 235 Å². The van der Waals surface area contributed by atoms with Gasteiger partial charge in [0.2, 0.25) is 0 Å². The molecule has 4 aliphatic rings. The molecule has 4 rings (SSSR count). The lowest BCUT2D eigenvalue weighted by atomic mass is 9.26. The molecule has 0 N–H and O–H groups in total. The van der Waals surface area contributed by atoms with Gasteiger partial charge in [-0.05, 0) is 53.2 Å². The molecule has 0 aromatic rings. The largest absolute Gasteiger partial charge is 0.146 e. The minimum absolute atomic E-state index is 0.0825. The van der Waals surface area contributed by atoms with Crippen molar-refractivity contribution < 1.29 is 0 Å². The van der Waals surface area contributed by atoms with Gasteiger partial charge < -0.3 is 0 Å². The second-order valence-electron chi connectivity index (χ2n) is 18.5. The zero-order chi connectivity index (χ0) is 31.0. The van der Waals surface area contributed by atoms with Crippen LogP contribution in [-0.2, 0) is 0 Å². The zero-order valence-corrected chi connectivity index (χ0v) is 32.6. The molecule has 0 radical (unpaired) electrons. The molecule has 0 amide bonds. The van der Waals surface area contributed by atoms with Crippen molar-refractivity contribution in [3.05, 3.63) is 0 Å². The van der Waals surface area contributed by atoms with Crippen molar-refractivity contribution in [1.82, 2.24) is 0 Å². The van der Waals surface area contributed by atoms with E-state index in [0.717, 1.165) is 48.0 Å². The van der Waals surface area contributed by atoms with Gasteiger partial charge in [-0.25, -0.2) is 0 Å². The fraction of sp³-hybridized carbons (Fsp3) is 1.00. The van der Waals surface area contributed by atoms with Gasteiger partial charge in [0.15, 0.2) is 0 Å². The summed E-state index contributed by atoms with van der Waals surface area (Å²) in [6, 6.07) is 0. The first kappa shape index (κ1) is 36.8. The maximum Gasteiger partial charge on any atom is 0.146 e. The van der Waals surface area contributed by atoms with Crippen LogP contribution in [0.2, 0.25) is 35.9 Å². The molecule has 4 unspecified atom stereocenters. The fourth-order valence-corrected chi connectivity index (χ4v) is 18.7. The first-order chi connectivity index (χ1) is 20.4. The highest BCUT2D eigenvalue weighted by Gasteiger charge is 2.40. The molecule has 0 saturated carbocycles. The Kier molecular flexibility index (Phi) is 14.9. The monoisotopic (exact) mass is 629 g/mol. The molecule has 43 heavy (non-hydrogen) atoms. The summed E-state index contributed by atoms with van der Waals surface area (Å²) in [5, 5.41) is 0.994. The summed E-state index contributed by atoms with van der Waals surface area (Å²) < 4.78 is 0. The first-order valence-electron chi connectivity index (χ1n) is 20.0. The summed E-state index contributed by atoms with van der Waals surface area (Å²) in [4.78, 5) is 0. The van der Waals surface area contributed by atoms with E-state index >= 15 is 0 Å². The predicted octanol–water partition coefficient (Wildman–Crippen LogP) is 14.3. The van der Waals surface area contributed by atoms with Gasteiger partial charge in [0, 0.05) is 0 Å². The van der Waals surface area contributed by atoms with Crippen molar-refractivity contribution in [3.8, 4) is 0 Å². The molecule has 4 heterocycles. The normalized spacial score (nSPS) is 29.3. The standard InChI is InChI=1S/C39H76B2P2/c1-32(42(38(3,4)5)29-13-9-11-27-40-34-19-15-20-35(40)22-16-21-34)31-33(2)43(39(6,7)8)30-14-10-12-28-41-36-23-17-24-37(41)26-18-25-36/h32-37H,9-31H2,1-8H3. The molecular weight excluding hydrogens is 552 g/mol. The van der Waals surface area contributed by atoms with E-state index in [0.29, 0.717) is 10.3 Å². The lowest BCUT2D eigenvalue weighted by molar-refractivity contribution is 0.440. The van der Waals surface area contributed by atoms with Crippen LogP contribution >= 0.6 is 15.8 Å². The SMILES string of the molecule is CC(CC(C)P(CCCCCB1C2CCCC1CCC2)C(C)(C)C)P(CCCCCB1C2CCCC1CCC2)C(C)(C)C. The van der Waals surface area contributed by atoms with Crippen LogP contribution in [0.5, 0.6) is 0 Å². The van der Waals surface area contributed by atoms with Gasteiger partial charge in [-0.2, -0.15) is 0 Å². The smallest absolute Gasteiger partial charge is 0.0982 e. The quantitative estimate of drug-likeness (QED) is 0.0906. The molecule has 4 saturated heterocycles. The maximum absolute atomic E-state index is 2.67. The minimum atomic E-state index is 0.0825. The van der Waals surface area contributed by atoms with Crippen LogP contribution in [0, 0.1) is 0 Å². The summed E-state index contributed by atoms with van der Waals surface area (Å²) >= 11 is 0. The molecule has 0 aliphatic carbocycles. The molecule has 4 bridgehead atoms. The molecule has 4 fully saturated rings. The van der Waals surface area contributed by atoms with Gasteiger partial charge in [0.1, 0.15) is 13.4 Å². The van der Waals surface area contributed by atoms with E-state index < -0.39 is 0 Å². The number of unbranched alkanes of at least 4 members (excludes halogenated alkanes) is 4. The van der Waals surface area contributed by atoms with E-state index in [1.54, 1.807) is 64.0 Å². The Morgan fingerprint density at radius 1 is 0.488 bits per heavy atom. The number of hydrogen-bond acceptors (Lipinski definition) is 0. The van der Waals surface area contributed by atoms with Gasteiger partial charge in [-0.3, -0.25) is 0 Å². The Morgan fingerprint density at radius 3 is 1.07 bits per heavy atom. The summed E-state index contributed by atoms with van der Waals surface area (Å²) in [5.74, 6) is 4.43. The average molecular weight is 629 g/mol. The van der Waals surface area contributed by atoms with Crippen LogP contribution in [-0.4, -0.2) is 47.4 Å². The first-order valence-corrected chi connectivity index (χ1v) is 23.2. The third-order valence-electron chi connectivity index (χ3n) is 13.4. The molecular formula is C39H76B2P2. The highest BCUT2D eigenvalue weighted by atomic mass is 31.1. The van der Waals surface area contributed by atoms with E-state index in [9.17, 15) is 0 Å². The Balaban J connectivity index is 1.19. The van der Waals surface area contributed by atoms with Crippen LogP contribution in [0.4, 0.5) is 0 Å². The minimum Gasteiger partial charge on any atom is -0.0982 e. The highest BCUT2D eigenvalue weighted by Crippen LogP contribution is 2.60. The molecule has 248 valence electrons. The second-order valence-corrected chi connectivity index (χ2v) is 25.7. The molecule has 0 nitrogen and oxygen atoms in total. The van der Waals surface area contributed by atoms with Gasteiger partial charge >= 0.3 is 0 Å². The van der Waals surface area contributed by atoms with Crippen molar-refractivity contribution in [2.75, 3.05) is 12.3 Å². The summed E-state index contributed by atoms with van der Waals surface area (Å²) in [5.41, 5.74) is 1.83. The van der Waals surface area contributed by atoms with Crippen LogP contribution in [0.1, 0.15) is 177 Å². The Bertz CT molecular complexity index is 679. The average Bonchev–Trinajstić information content (AvgIpc) is 2.90. The Hall–Kier alpha value is 0.990. The van der Waals surface area contributed by atoms with E-state index in [1.807, 2.05) is 0 Å². The fourth-order valence-electron chi connectivity index (χ4n) is 11.4. The third-order valence-corrected chi connectivity index (χ3v) is 21.0. The van der Waals surface area contributed by atoms with Crippen molar-refractivity contribution in [3.63, 3.8) is 0 Å². The summed E-state index contributed by atoms with van der Waals surface area (Å²) in [6.45, 7) is 23.0. The van der Waals surface area contributed by atoms with Crippen LogP contribution in [0.15, 0.2) is 0 Å². The molecule has 0 aromatic heterocycles. The van der Waals surface area contributed by atoms with Crippen molar-refractivity contribution in [1.29, 1.82) is 0 Å². The Morgan fingerprint density at radius 2 is 0.791 bits per heavy atom. The van der Waals surface area contributed by atoms with E-state index in [1.165, 1.54) is 83.0 Å². The highest BCUT2D eigenvalue weighted by molar-refractivity contribution is 7.61. The third kappa shape index (κ3) is 11.0. The number of hydrogen-bond donors (Lipinski definition) is 0. The van der Waals surface area contributed by atoms with Gasteiger partial charge in [-0.15, -0.1) is 0 Å². The molecule has 4 heteroatoms.